The molecule has 0 unspecified atom stereocenters. The number of aromatic nitrogens is 2. The van der Waals surface area contributed by atoms with E-state index in [0.717, 1.165) is 11.3 Å². The molecule has 4 rings (SSSR count). The van der Waals surface area contributed by atoms with Crippen LogP contribution in [0.3, 0.4) is 0 Å². The first-order chi connectivity index (χ1) is 13.0. The van der Waals surface area contributed by atoms with Crippen LogP contribution in [-0.4, -0.2) is 53.2 Å². The highest BCUT2D eigenvalue weighted by Gasteiger charge is 2.27. The van der Waals surface area contributed by atoms with Gasteiger partial charge in [0.05, 0.1) is 11.4 Å². The Morgan fingerprint density at radius 3 is 2.56 bits per heavy atom. The van der Waals surface area contributed by atoms with Crippen molar-refractivity contribution in [2.24, 2.45) is 0 Å². The van der Waals surface area contributed by atoms with Crippen LogP contribution in [0.1, 0.15) is 11.3 Å². The minimum atomic E-state index is -3.32. The van der Waals surface area contributed by atoms with E-state index >= 15 is 0 Å². The Hall–Kier alpha value is -2.07. The monoisotopic (exact) mass is 404 g/mol. The fourth-order valence-corrected chi connectivity index (χ4v) is 5.49. The number of nitrogens with zero attached hydrogens (tertiary/aromatic N) is 4. The summed E-state index contributed by atoms with van der Waals surface area (Å²) in [6, 6.07) is 10.8. The molecular formula is C18H20N4O3S2. The number of benzene rings is 1. The van der Waals surface area contributed by atoms with E-state index in [1.54, 1.807) is 16.6 Å². The molecule has 3 aromatic rings. The standard InChI is InChI=1S/C18H20N4O3S2/c23-17-12-16(19-18-22(17)10-11-26-18)13-20-6-8-21(9-7-20)27(24,25)14-15-4-2-1-3-5-15/h1-5,10-12H,6-9,13-14H2. The molecule has 9 heteroatoms. The lowest BCUT2D eigenvalue weighted by Gasteiger charge is -2.33. The second kappa shape index (κ2) is 7.51. The van der Waals surface area contributed by atoms with Gasteiger partial charge in [0.25, 0.3) is 5.56 Å². The van der Waals surface area contributed by atoms with Crippen LogP contribution in [0.4, 0.5) is 0 Å². The van der Waals surface area contributed by atoms with Crippen molar-refractivity contribution in [2.75, 3.05) is 26.2 Å². The molecule has 0 radical (unpaired) electrons. The van der Waals surface area contributed by atoms with Crippen molar-refractivity contribution in [2.45, 2.75) is 12.3 Å². The number of piperazine rings is 1. The van der Waals surface area contributed by atoms with E-state index in [1.807, 2.05) is 35.7 Å². The van der Waals surface area contributed by atoms with Gasteiger partial charge in [0.1, 0.15) is 0 Å². The quantitative estimate of drug-likeness (QED) is 0.643. The zero-order valence-electron chi connectivity index (χ0n) is 14.7. The van der Waals surface area contributed by atoms with Crippen molar-refractivity contribution in [1.82, 2.24) is 18.6 Å². The smallest absolute Gasteiger partial charge is 0.258 e. The summed E-state index contributed by atoms with van der Waals surface area (Å²) in [6.07, 6.45) is 1.72. The predicted molar refractivity (Wildman–Crippen MR) is 105 cm³/mol. The van der Waals surface area contributed by atoms with Gasteiger partial charge >= 0.3 is 0 Å². The summed E-state index contributed by atoms with van der Waals surface area (Å²) in [5.74, 6) is 0.0290. The molecule has 27 heavy (non-hydrogen) atoms. The molecule has 2 aromatic heterocycles. The third kappa shape index (κ3) is 4.11. The Bertz CT molecular complexity index is 1080. The topological polar surface area (TPSA) is 75.0 Å². The Balaban J connectivity index is 1.39. The Morgan fingerprint density at radius 1 is 1.07 bits per heavy atom. The molecule has 0 N–H and O–H groups in total. The first-order valence-electron chi connectivity index (χ1n) is 8.71. The summed E-state index contributed by atoms with van der Waals surface area (Å²) in [5, 5.41) is 1.84. The molecule has 0 saturated carbocycles. The molecule has 3 heterocycles. The number of fused-ring (bicyclic) bond motifs is 1. The summed E-state index contributed by atoms with van der Waals surface area (Å²) in [5.41, 5.74) is 1.44. The average molecular weight is 405 g/mol. The second-order valence-corrected chi connectivity index (χ2v) is 9.40. The number of sulfonamides is 1. The van der Waals surface area contributed by atoms with E-state index in [9.17, 15) is 13.2 Å². The molecule has 0 amide bonds. The molecule has 7 nitrogen and oxygen atoms in total. The van der Waals surface area contributed by atoms with E-state index in [2.05, 4.69) is 9.88 Å². The highest BCUT2D eigenvalue weighted by Crippen LogP contribution is 2.15. The van der Waals surface area contributed by atoms with E-state index in [1.165, 1.54) is 15.7 Å². The maximum Gasteiger partial charge on any atom is 0.258 e. The van der Waals surface area contributed by atoms with E-state index < -0.39 is 10.0 Å². The number of hydrogen-bond acceptors (Lipinski definition) is 6. The molecule has 1 aromatic carbocycles. The van der Waals surface area contributed by atoms with Crippen molar-refractivity contribution in [3.05, 3.63) is 69.6 Å². The first kappa shape index (κ1) is 18.3. The first-order valence-corrected chi connectivity index (χ1v) is 11.2. The van der Waals surface area contributed by atoms with Gasteiger partial charge in [-0.3, -0.25) is 14.1 Å². The fraction of sp³-hybridized carbons (Fsp3) is 0.333. The fourth-order valence-electron chi connectivity index (χ4n) is 3.24. The van der Waals surface area contributed by atoms with Crippen LogP contribution >= 0.6 is 11.3 Å². The van der Waals surface area contributed by atoms with Crippen LogP contribution in [0.2, 0.25) is 0 Å². The van der Waals surface area contributed by atoms with Crippen LogP contribution < -0.4 is 5.56 Å². The molecule has 1 saturated heterocycles. The lowest BCUT2D eigenvalue weighted by molar-refractivity contribution is 0.180. The van der Waals surface area contributed by atoms with Gasteiger partial charge in [-0.15, -0.1) is 11.3 Å². The number of hydrogen-bond donors (Lipinski definition) is 0. The number of rotatable bonds is 5. The van der Waals surface area contributed by atoms with Crippen molar-refractivity contribution < 1.29 is 8.42 Å². The van der Waals surface area contributed by atoms with Crippen LogP contribution in [0.5, 0.6) is 0 Å². The van der Waals surface area contributed by atoms with Gasteiger partial charge in [-0.25, -0.2) is 13.4 Å². The van der Waals surface area contributed by atoms with Crippen molar-refractivity contribution in [3.8, 4) is 0 Å². The van der Waals surface area contributed by atoms with Gasteiger partial charge < -0.3 is 0 Å². The summed E-state index contributed by atoms with van der Waals surface area (Å²) in [6.45, 7) is 2.71. The predicted octanol–water partition coefficient (Wildman–Crippen LogP) is 1.40. The van der Waals surface area contributed by atoms with Crippen molar-refractivity contribution in [1.29, 1.82) is 0 Å². The average Bonchev–Trinajstić information content (AvgIpc) is 3.12. The molecule has 0 aliphatic carbocycles. The lowest BCUT2D eigenvalue weighted by atomic mass is 10.2. The summed E-state index contributed by atoms with van der Waals surface area (Å²) in [7, 11) is -3.32. The van der Waals surface area contributed by atoms with E-state index in [0.29, 0.717) is 37.7 Å². The zero-order chi connectivity index (χ0) is 18.9. The van der Waals surface area contributed by atoms with Crippen LogP contribution in [0, 0.1) is 0 Å². The third-order valence-electron chi connectivity index (χ3n) is 4.66. The summed E-state index contributed by atoms with van der Waals surface area (Å²) < 4.78 is 28.4. The normalized spacial score (nSPS) is 16.7. The second-order valence-electron chi connectivity index (χ2n) is 6.56. The van der Waals surface area contributed by atoms with Crippen LogP contribution in [0.25, 0.3) is 4.96 Å². The Kier molecular flexibility index (Phi) is 5.09. The molecule has 0 spiro atoms. The van der Waals surface area contributed by atoms with Gasteiger partial charge in [-0.2, -0.15) is 4.31 Å². The maximum absolute atomic E-state index is 12.6. The van der Waals surface area contributed by atoms with Gasteiger partial charge in [0.2, 0.25) is 10.0 Å². The van der Waals surface area contributed by atoms with Gasteiger partial charge in [0, 0.05) is 50.4 Å². The number of thiazole rings is 1. The molecule has 1 aliphatic heterocycles. The SMILES string of the molecule is O=c1cc(CN2CCN(S(=O)(=O)Cc3ccccc3)CC2)nc2sccn12. The Morgan fingerprint density at radius 2 is 1.81 bits per heavy atom. The lowest BCUT2D eigenvalue weighted by Crippen LogP contribution is -2.48. The highest BCUT2D eigenvalue weighted by atomic mass is 32.2. The zero-order valence-corrected chi connectivity index (χ0v) is 16.3. The maximum atomic E-state index is 12.6. The van der Waals surface area contributed by atoms with Gasteiger partial charge in [-0.05, 0) is 5.56 Å². The van der Waals surface area contributed by atoms with E-state index in [4.69, 9.17) is 0 Å². The molecule has 142 valence electrons. The van der Waals surface area contributed by atoms with Crippen LogP contribution in [0.15, 0.2) is 52.8 Å². The Labute approximate surface area is 161 Å². The minimum Gasteiger partial charge on any atom is -0.295 e. The van der Waals surface area contributed by atoms with Gasteiger partial charge in [-0.1, -0.05) is 30.3 Å². The van der Waals surface area contributed by atoms with Crippen molar-refractivity contribution >= 4 is 26.3 Å². The molecule has 0 atom stereocenters. The van der Waals surface area contributed by atoms with Gasteiger partial charge in [0.15, 0.2) is 4.96 Å². The summed E-state index contributed by atoms with van der Waals surface area (Å²) in [4.78, 5) is 19.4. The molecule has 0 bridgehead atoms. The molecule has 1 aliphatic rings. The minimum absolute atomic E-state index is 0.0290. The highest BCUT2D eigenvalue weighted by molar-refractivity contribution is 7.88. The molecular weight excluding hydrogens is 384 g/mol. The third-order valence-corrected chi connectivity index (χ3v) is 7.27. The van der Waals surface area contributed by atoms with Crippen LogP contribution in [-0.2, 0) is 22.3 Å². The molecule has 1 fully saturated rings. The summed E-state index contributed by atoms with van der Waals surface area (Å²) >= 11 is 1.43. The van der Waals surface area contributed by atoms with E-state index in [-0.39, 0.29) is 11.3 Å². The van der Waals surface area contributed by atoms with Crippen molar-refractivity contribution in [3.63, 3.8) is 0 Å². The largest absolute Gasteiger partial charge is 0.295 e.